The Balaban J connectivity index is 2.10. The van der Waals surface area contributed by atoms with E-state index in [1.165, 1.54) is 11.2 Å². The van der Waals surface area contributed by atoms with Crippen molar-refractivity contribution in [3.63, 3.8) is 0 Å². The SMILES string of the molecule is CC(=O)c1ccc2c(c1)N(S(=O)(=O)c1ccc(Br)cc1)CCC2. The van der Waals surface area contributed by atoms with Gasteiger partial charge in [0.05, 0.1) is 10.6 Å². The molecule has 0 saturated heterocycles. The molecule has 4 nitrogen and oxygen atoms in total. The molecular weight excluding hydrogens is 378 g/mol. The van der Waals surface area contributed by atoms with E-state index in [9.17, 15) is 13.2 Å². The summed E-state index contributed by atoms with van der Waals surface area (Å²) in [7, 11) is -3.63. The third kappa shape index (κ3) is 3.05. The Morgan fingerprint density at radius 2 is 1.83 bits per heavy atom. The number of Topliss-reactive ketones (excluding diaryl/α,β-unsaturated/α-hetero) is 1. The van der Waals surface area contributed by atoms with E-state index in [0.29, 0.717) is 17.8 Å². The lowest BCUT2D eigenvalue weighted by Gasteiger charge is -2.30. The summed E-state index contributed by atoms with van der Waals surface area (Å²) in [5.41, 5.74) is 2.11. The molecule has 0 amide bonds. The molecule has 0 fully saturated rings. The molecule has 0 saturated carbocycles. The molecule has 1 heterocycles. The topological polar surface area (TPSA) is 54.5 Å². The lowest BCUT2D eigenvalue weighted by atomic mass is 10.00. The number of ketones is 1. The van der Waals surface area contributed by atoms with Crippen LogP contribution in [0, 0.1) is 0 Å². The molecule has 1 aliphatic heterocycles. The third-order valence-corrected chi connectivity index (χ3v) is 6.33. The Labute approximate surface area is 144 Å². The van der Waals surface area contributed by atoms with Gasteiger partial charge in [0.2, 0.25) is 0 Å². The summed E-state index contributed by atoms with van der Waals surface area (Å²) < 4.78 is 28.2. The molecular formula is C17H16BrNO3S. The van der Waals surface area contributed by atoms with Crippen molar-refractivity contribution in [1.29, 1.82) is 0 Å². The van der Waals surface area contributed by atoms with Crippen LogP contribution in [0.15, 0.2) is 51.8 Å². The third-order valence-electron chi connectivity index (χ3n) is 3.97. The number of rotatable bonds is 3. The number of benzene rings is 2. The second-order valence-corrected chi connectivity index (χ2v) is 8.31. The highest BCUT2D eigenvalue weighted by Gasteiger charge is 2.29. The summed E-state index contributed by atoms with van der Waals surface area (Å²) in [5.74, 6) is -0.0700. The molecule has 0 atom stereocenters. The highest BCUT2D eigenvalue weighted by atomic mass is 79.9. The van der Waals surface area contributed by atoms with Crippen LogP contribution in [-0.2, 0) is 16.4 Å². The van der Waals surface area contributed by atoms with E-state index >= 15 is 0 Å². The molecule has 6 heteroatoms. The molecule has 0 unspecified atom stereocenters. The van der Waals surface area contributed by atoms with Gasteiger partial charge in [0.15, 0.2) is 5.78 Å². The number of hydrogen-bond donors (Lipinski definition) is 0. The van der Waals surface area contributed by atoms with Gasteiger partial charge < -0.3 is 0 Å². The highest BCUT2D eigenvalue weighted by molar-refractivity contribution is 9.10. The van der Waals surface area contributed by atoms with Gasteiger partial charge in [-0.3, -0.25) is 9.10 Å². The zero-order chi connectivity index (χ0) is 16.6. The van der Waals surface area contributed by atoms with Crippen molar-refractivity contribution in [1.82, 2.24) is 0 Å². The lowest BCUT2D eigenvalue weighted by Crippen LogP contribution is -2.35. The van der Waals surface area contributed by atoms with Gasteiger partial charge in [0.25, 0.3) is 10.0 Å². The minimum atomic E-state index is -3.63. The van der Waals surface area contributed by atoms with Crippen LogP contribution < -0.4 is 4.31 Å². The minimum absolute atomic E-state index is 0.0700. The van der Waals surface area contributed by atoms with Crippen molar-refractivity contribution >= 4 is 37.4 Å². The van der Waals surface area contributed by atoms with E-state index in [1.54, 1.807) is 36.4 Å². The minimum Gasteiger partial charge on any atom is -0.295 e. The Morgan fingerprint density at radius 3 is 2.48 bits per heavy atom. The number of halogens is 1. The molecule has 0 aromatic heterocycles. The van der Waals surface area contributed by atoms with Crippen LogP contribution in [0.25, 0.3) is 0 Å². The molecule has 2 aromatic carbocycles. The Morgan fingerprint density at radius 1 is 1.13 bits per heavy atom. The molecule has 0 radical (unpaired) electrons. The van der Waals surface area contributed by atoms with Crippen LogP contribution >= 0.6 is 15.9 Å². The first kappa shape index (κ1) is 16.2. The lowest BCUT2D eigenvalue weighted by molar-refractivity contribution is 0.101. The average molecular weight is 394 g/mol. The summed E-state index contributed by atoms with van der Waals surface area (Å²) in [6.45, 7) is 1.91. The van der Waals surface area contributed by atoms with Crippen molar-refractivity contribution in [3.8, 4) is 0 Å². The molecule has 23 heavy (non-hydrogen) atoms. The van der Waals surface area contributed by atoms with Gasteiger partial charge in [-0.1, -0.05) is 28.1 Å². The largest absolute Gasteiger partial charge is 0.295 e. The smallest absolute Gasteiger partial charge is 0.264 e. The summed E-state index contributed by atoms with van der Waals surface area (Å²) >= 11 is 3.31. The maximum Gasteiger partial charge on any atom is 0.264 e. The van der Waals surface area contributed by atoms with Crippen LogP contribution in [0.5, 0.6) is 0 Å². The summed E-state index contributed by atoms with van der Waals surface area (Å²) in [4.78, 5) is 11.9. The monoisotopic (exact) mass is 393 g/mol. The summed E-state index contributed by atoms with van der Waals surface area (Å²) in [5, 5.41) is 0. The maximum absolute atomic E-state index is 13.0. The standard InChI is InChI=1S/C17H16BrNO3S/c1-12(20)14-5-4-13-3-2-10-19(17(13)11-14)23(21,22)16-8-6-15(18)7-9-16/h4-9,11H,2-3,10H2,1H3. The van der Waals surface area contributed by atoms with E-state index < -0.39 is 10.0 Å². The van der Waals surface area contributed by atoms with Crippen LogP contribution in [0.3, 0.4) is 0 Å². The highest BCUT2D eigenvalue weighted by Crippen LogP contribution is 2.33. The fourth-order valence-corrected chi connectivity index (χ4v) is 4.54. The first-order chi connectivity index (χ1) is 10.9. The van der Waals surface area contributed by atoms with Gasteiger partial charge >= 0.3 is 0 Å². The molecule has 0 aliphatic carbocycles. The number of carbonyl (C=O) groups is 1. The van der Waals surface area contributed by atoms with Gasteiger partial charge in [0, 0.05) is 16.6 Å². The summed E-state index contributed by atoms with van der Waals surface area (Å²) in [6.07, 6.45) is 1.59. The molecule has 0 spiro atoms. The average Bonchev–Trinajstić information content (AvgIpc) is 2.54. The number of fused-ring (bicyclic) bond motifs is 1. The van der Waals surface area contributed by atoms with Gasteiger partial charge in [0.1, 0.15) is 0 Å². The van der Waals surface area contributed by atoms with Crippen molar-refractivity contribution < 1.29 is 13.2 Å². The van der Waals surface area contributed by atoms with Crippen molar-refractivity contribution in [2.75, 3.05) is 10.8 Å². The van der Waals surface area contributed by atoms with E-state index in [-0.39, 0.29) is 10.7 Å². The van der Waals surface area contributed by atoms with E-state index in [1.807, 2.05) is 6.07 Å². The van der Waals surface area contributed by atoms with Crippen LogP contribution in [0.1, 0.15) is 29.3 Å². The van der Waals surface area contributed by atoms with Crippen LogP contribution in [0.4, 0.5) is 5.69 Å². The van der Waals surface area contributed by atoms with Crippen molar-refractivity contribution in [3.05, 3.63) is 58.1 Å². The van der Waals surface area contributed by atoms with Crippen molar-refractivity contribution in [2.24, 2.45) is 0 Å². The zero-order valence-corrected chi connectivity index (χ0v) is 15.0. The number of sulfonamides is 1. The van der Waals surface area contributed by atoms with Gasteiger partial charge in [-0.05, 0) is 55.7 Å². The molecule has 120 valence electrons. The molecule has 3 rings (SSSR count). The second-order valence-electron chi connectivity index (χ2n) is 5.53. The van der Waals surface area contributed by atoms with E-state index in [4.69, 9.17) is 0 Å². The first-order valence-electron chi connectivity index (χ1n) is 7.32. The van der Waals surface area contributed by atoms with Gasteiger partial charge in [-0.25, -0.2) is 8.42 Å². The number of aryl methyl sites for hydroxylation is 1. The first-order valence-corrected chi connectivity index (χ1v) is 9.55. The molecule has 0 bridgehead atoms. The Kier molecular flexibility index (Phi) is 4.29. The van der Waals surface area contributed by atoms with Crippen molar-refractivity contribution in [2.45, 2.75) is 24.7 Å². The van der Waals surface area contributed by atoms with E-state index in [0.717, 1.165) is 22.9 Å². The molecule has 2 aromatic rings. The second kappa shape index (κ2) is 6.09. The van der Waals surface area contributed by atoms with Gasteiger partial charge in [-0.15, -0.1) is 0 Å². The fourth-order valence-electron chi connectivity index (χ4n) is 2.74. The number of hydrogen-bond acceptors (Lipinski definition) is 3. The Hall–Kier alpha value is -1.66. The molecule has 1 aliphatic rings. The molecule has 0 N–H and O–H groups in total. The number of anilines is 1. The number of carbonyl (C=O) groups excluding carboxylic acids is 1. The maximum atomic E-state index is 13.0. The van der Waals surface area contributed by atoms with E-state index in [2.05, 4.69) is 15.9 Å². The van der Waals surface area contributed by atoms with Gasteiger partial charge in [-0.2, -0.15) is 0 Å². The predicted octanol–water partition coefficient (Wildman–Crippen LogP) is 3.79. The fraction of sp³-hybridized carbons (Fsp3) is 0.235. The van der Waals surface area contributed by atoms with Crippen LogP contribution in [0.2, 0.25) is 0 Å². The Bertz CT molecular complexity index is 860. The summed E-state index contributed by atoms with van der Waals surface area (Å²) in [6, 6.07) is 11.9. The predicted molar refractivity (Wildman–Crippen MR) is 93.4 cm³/mol. The van der Waals surface area contributed by atoms with Crippen LogP contribution in [-0.4, -0.2) is 20.7 Å². The zero-order valence-electron chi connectivity index (χ0n) is 12.6. The quantitative estimate of drug-likeness (QED) is 0.745. The normalized spacial score (nSPS) is 14.4. The number of nitrogens with zero attached hydrogens (tertiary/aromatic N) is 1.